The molecule has 3 aromatic rings. The molecule has 2 aromatic heterocycles. The molecule has 0 aliphatic carbocycles. The Labute approximate surface area is 172 Å². The molecule has 0 unspecified atom stereocenters. The number of nitrogens with zero attached hydrogens (tertiary/aromatic N) is 4. The lowest BCUT2D eigenvalue weighted by molar-refractivity contribution is 0.306. The number of hydrogen-bond donors (Lipinski definition) is 1. The number of hydrogen-bond acceptors (Lipinski definition) is 6. The molecular formula is C23H29N5O. The van der Waals surface area contributed by atoms with Crippen molar-refractivity contribution < 1.29 is 4.74 Å². The molecule has 0 bridgehead atoms. The molecule has 1 N–H and O–H groups in total. The van der Waals surface area contributed by atoms with Gasteiger partial charge in [0.2, 0.25) is 5.88 Å². The van der Waals surface area contributed by atoms with E-state index < -0.39 is 0 Å². The van der Waals surface area contributed by atoms with Gasteiger partial charge in [-0.05, 0) is 50.2 Å². The van der Waals surface area contributed by atoms with E-state index in [4.69, 9.17) is 9.72 Å². The van der Waals surface area contributed by atoms with Crippen molar-refractivity contribution in [2.24, 2.45) is 0 Å². The smallest absolute Gasteiger partial charge is 0.213 e. The molecule has 0 saturated carbocycles. The van der Waals surface area contributed by atoms with Crippen molar-refractivity contribution in [2.75, 3.05) is 57.2 Å². The SMILES string of the molecule is CNCCOc1ccc(-c2cc(N3CCCC3)c3ccc(N(C)C)cc3n2)cn1. The fourth-order valence-corrected chi connectivity index (χ4v) is 3.72. The molecule has 6 heteroatoms. The first-order valence-electron chi connectivity index (χ1n) is 10.3. The van der Waals surface area contributed by atoms with Gasteiger partial charge in [0, 0.05) is 68.3 Å². The van der Waals surface area contributed by atoms with Crippen LogP contribution < -0.4 is 19.9 Å². The predicted octanol–water partition coefficient (Wildman–Crippen LogP) is 3.56. The first-order chi connectivity index (χ1) is 14.2. The standard InChI is InChI=1S/C23H29N5O/c1-24-10-13-29-23-9-6-17(16-25-23)20-15-22(28-11-4-5-12-28)19-8-7-18(27(2)3)14-21(19)26-20/h6-9,14-16,24H,4-5,10-13H2,1-3H3. The summed E-state index contributed by atoms with van der Waals surface area (Å²) in [5, 5.41) is 4.28. The van der Waals surface area contributed by atoms with Gasteiger partial charge in [-0.1, -0.05) is 0 Å². The highest BCUT2D eigenvalue weighted by atomic mass is 16.5. The van der Waals surface area contributed by atoms with Crippen molar-refractivity contribution in [3.8, 4) is 17.1 Å². The highest BCUT2D eigenvalue weighted by Gasteiger charge is 2.18. The number of rotatable bonds is 7. The Balaban J connectivity index is 1.73. The third-order valence-electron chi connectivity index (χ3n) is 5.37. The molecule has 152 valence electrons. The Morgan fingerprint density at radius 3 is 2.62 bits per heavy atom. The number of anilines is 2. The number of nitrogens with one attached hydrogen (secondary N) is 1. The normalized spacial score (nSPS) is 13.8. The van der Waals surface area contributed by atoms with Crippen LogP contribution in [0.25, 0.3) is 22.2 Å². The first-order valence-corrected chi connectivity index (χ1v) is 10.3. The monoisotopic (exact) mass is 391 g/mol. The fraction of sp³-hybridized carbons (Fsp3) is 0.391. The van der Waals surface area contributed by atoms with Gasteiger partial charge >= 0.3 is 0 Å². The van der Waals surface area contributed by atoms with Crippen LogP contribution in [0.1, 0.15) is 12.8 Å². The quantitative estimate of drug-likeness (QED) is 0.622. The summed E-state index contributed by atoms with van der Waals surface area (Å²) in [4.78, 5) is 14.0. The van der Waals surface area contributed by atoms with Crippen LogP contribution in [0.2, 0.25) is 0 Å². The van der Waals surface area contributed by atoms with Crippen LogP contribution in [0, 0.1) is 0 Å². The Kier molecular flexibility index (Phi) is 5.81. The average Bonchev–Trinajstić information content (AvgIpc) is 3.28. The number of likely N-dealkylation sites (N-methyl/N-ethyl adjacent to an activating group) is 1. The molecule has 4 rings (SSSR count). The first kappa shape index (κ1) is 19.5. The Hall–Kier alpha value is -2.86. The van der Waals surface area contributed by atoms with Crippen molar-refractivity contribution in [2.45, 2.75) is 12.8 Å². The van der Waals surface area contributed by atoms with Gasteiger partial charge in [0.05, 0.1) is 11.2 Å². The molecular weight excluding hydrogens is 362 g/mol. The molecule has 1 aliphatic rings. The van der Waals surface area contributed by atoms with Crippen molar-refractivity contribution in [3.63, 3.8) is 0 Å². The van der Waals surface area contributed by atoms with Gasteiger partial charge in [0.25, 0.3) is 0 Å². The van der Waals surface area contributed by atoms with Gasteiger partial charge < -0.3 is 19.9 Å². The largest absolute Gasteiger partial charge is 0.476 e. The molecule has 3 heterocycles. The Morgan fingerprint density at radius 1 is 1.10 bits per heavy atom. The zero-order valence-electron chi connectivity index (χ0n) is 17.5. The van der Waals surface area contributed by atoms with E-state index in [1.165, 1.54) is 23.9 Å². The van der Waals surface area contributed by atoms with Crippen molar-refractivity contribution in [1.29, 1.82) is 0 Å². The van der Waals surface area contributed by atoms with E-state index in [0.717, 1.165) is 42.1 Å². The summed E-state index contributed by atoms with van der Waals surface area (Å²) in [6.45, 7) is 3.60. The molecule has 0 atom stereocenters. The molecule has 6 nitrogen and oxygen atoms in total. The second kappa shape index (κ2) is 8.66. The molecule has 0 radical (unpaired) electrons. The maximum atomic E-state index is 5.65. The minimum absolute atomic E-state index is 0.601. The van der Waals surface area contributed by atoms with Gasteiger partial charge in [0.15, 0.2) is 0 Å². The lowest BCUT2D eigenvalue weighted by Gasteiger charge is -2.22. The zero-order chi connectivity index (χ0) is 20.2. The van der Waals surface area contributed by atoms with Crippen LogP contribution in [-0.2, 0) is 0 Å². The Bertz CT molecular complexity index is 965. The number of pyridine rings is 2. The highest BCUT2D eigenvalue weighted by molar-refractivity contribution is 5.96. The van der Waals surface area contributed by atoms with Crippen LogP contribution in [0.5, 0.6) is 5.88 Å². The van der Waals surface area contributed by atoms with Gasteiger partial charge in [-0.15, -0.1) is 0 Å². The molecule has 29 heavy (non-hydrogen) atoms. The van der Waals surface area contributed by atoms with Gasteiger partial charge in [-0.25, -0.2) is 9.97 Å². The van der Waals surface area contributed by atoms with E-state index in [0.29, 0.717) is 12.5 Å². The molecule has 1 saturated heterocycles. The van der Waals surface area contributed by atoms with Gasteiger partial charge in [0.1, 0.15) is 6.61 Å². The van der Waals surface area contributed by atoms with Crippen LogP contribution in [-0.4, -0.2) is 57.4 Å². The lowest BCUT2D eigenvalue weighted by atomic mass is 10.1. The summed E-state index contributed by atoms with van der Waals surface area (Å²) in [5.74, 6) is 0.638. The van der Waals surface area contributed by atoms with Crippen LogP contribution in [0.4, 0.5) is 11.4 Å². The molecule has 0 spiro atoms. The van der Waals surface area contributed by atoms with E-state index in [2.05, 4.69) is 58.5 Å². The van der Waals surface area contributed by atoms with Gasteiger partial charge in [-0.3, -0.25) is 0 Å². The number of benzene rings is 1. The third kappa shape index (κ3) is 4.27. The predicted molar refractivity (Wildman–Crippen MR) is 120 cm³/mol. The summed E-state index contributed by atoms with van der Waals surface area (Å²) < 4.78 is 5.65. The number of aromatic nitrogens is 2. The maximum absolute atomic E-state index is 5.65. The highest BCUT2D eigenvalue weighted by Crippen LogP contribution is 2.34. The van der Waals surface area contributed by atoms with Crippen LogP contribution in [0.3, 0.4) is 0 Å². The molecule has 0 amide bonds. The number of ether oxygens (including phenoxy) is 1. The second-order valence-electron chi connectivity index (χ2n) is 7.65. The maximum Gasteiger partial charge on any atom is 0.213 e. The summed E-state index contributed by atoms with van der Waals surface area (Å²) in [7, 11) is 6.02. The summed E-state index contributed by atoms with van der Waals surface area (Å²) in [6, 6.07) is 12.7. The summed E-state index contributed by atoms with van der Waals surface area (Å²) in [6.07, 6.45) is 4.34. The minimum atomic E-state index is 0.601. The fourth-order valence-electron chi connectivity index (χ4n) is 3.72. The van der Waals surface area contributed by atoms with Crippen LogP contribution in [0.15, 0.2) is 42.6 Å². The average molecular weight is 392 g/mol. The lowest BCUT2D eigenvalue weighted by Crippen LogP contribution is -2.18. The molecule has 1 aromatic carbocycles. The van der Waals surface area contributed by atoms with E-state index in [1.54, 1.807) is 0 Å². The summed E-state index contributed by atoms with van der Waals surface area (Å²) in [5.41, 5.74) is 5.39. The second-order valence-corrected chi connectivity index (χ2v) is 7.65. The van der Waals surface area contributed by atoms with Crippen molar-refractivity contribution >= 4 is 22.3 Å². The zero-order valence-corrected chi connectivity index (χ0v) is 17.5. The molecule has 1 aliphatic heterocycles. The van der Waals surface area contributed by atoms with E-state index in [-0.39, 0.29) is 0 Å². The van der Waals surface area contributed by atoms with E-state index in [1.807, 2.05) is 25.4 Å². The van der Waals surface area contributed by atoms with E-state index >= 15 is 0 Å². The van der Waals surface area contributed by atoms with Gasteiger partial charge in [-0.2, -0.15) is 0 Å². The topological polar surface area (TPSA) is 53.5 Å². The number of fused-ring (bicyclic) bond motifs is 1. The summed E-state index contributed by atoms with van der Waals surface area (Å²) >= 11 is 0. The van der Waals surface area contributed by atoms with Crippen molar-refractivity contribution in [1.82, 2.24) is 15.3 Å². The minimum Gasteiger partial charge on any atom is -0.476 e. The van der Waals surface area contributed by atoms with E-state index in [9.17, 15) is 0 Å². The van der Waals surface area contributed by atoms with Crippen molar-refractivity contribution in [3.05, 3.63) is 42.6 Å². The Morgan fingerprint density at radius 2 is 1.93 bits per heavy atom. The third-order valence-corrected chi connectivity index (χ3v) is 5.37. The van der Waals surface area contributed by atoms with Crippen LogP contribution >= 0.6 is 0 Å². The molecule has 1 fully saturated rings.